The Bertz CT molecular complexity index is 649. The minimum atomic E-state index is -3.30. The monoisotopic (exact) mass is 295 g/mol. The normalized spacial score (nSPS) is 11.4. The Kier molecular flexibility index (Phi) is 4.12. The summed E-state index contributed by atoms with van der Waals surface area (Å²) in [6, 6.07) is 14.0. The van der Waals surface area contributed by atoms with Crippen molar-refractivity contribution in [2.24, 2.45) is 0 Å². The molecule has 5 heteroatoms. The largest absolute Gasteiger partial charge is 0.398 e. The van der Waals surface area contributed by atoms with Crippen molar-refractivity contribution in [3.05, 3.63) is 64.7 Å². The second-order valence-corrected chi connectivity index (χ2v) is 6.80. The van der Waals surface area contributed by atoms with Gasteiger partial charge >= 0.3 is 0 Å². The van der Waals surface area contributed by atoms with Gasteiger partial charge in [-0.05, 0) is 17.7 Å². The second-order valence-electron chi connectivity index (χ2n) is 4.33. The molecule has 0 aromatic heterocycles. The predicted octanol–water partition coefficient (Wildman–Crippen LogP) is 3.04. The highest BCUT2D eigenvalue weighted by molar-refractivity contribution is 7.89. The van der Waals surface area contributed by atoms with Crippen molar-refractivity contribution in [2.45, 2.75) is 11.5 Å². The molecular weight excluding hydrogens is 282 g/mol. The third-order valence-electron chi connectivity index (χ3n) is 2.75. The van der Waals surface area contributed by atoms with Crippen molar-refractivity contribution < 1.29 is 8.42 Å². The number of benzene rings is 2. The molecule has 0 aliphatic carbocycles. The summed E-state index contributed by atoms with van der Waals surface area (Å²) >= 11 is 5.99. The zero-order valence-corrected chi connectivity index (χ0v) is 11.8. The maximum atomic E-state index is 12.2. The Morgan fingerprint density at radius 1 is 0.947 bits per heavy atom. The van der Waals surface area contributed by atoms with Crippen LogP contribution in [0.1, 0.15) is 11.1 Å². The Morgan fingerprint density at radius 2 is 1.63 bits per heavy atom. The van der Waals surface area contributed by atoms with Crippen LogP contribution < -0.4 is 5.73 Å². The molecular formula is C14H14ClNO2S. The first-order chi connectivity index (χ1) is 8.98. The molecule has 0 atom stereocenters. The lowest BCUT2D eigenvalue weighted by atomic mass is 10.2. The molecule has 0 saturated carbocycles. The standard InChI is InChI=1S/C14H14ClNO2S/c15-13-7-4-8-14(16)12(13)10-19(17,18)9-11-5-2-1-3-6-11/h1-8H,9-10,16H2. The van der Waals surface area contributed by atoms with E-state index >= 15 is 0 Å². The van der Waals surface area contributed by atoms with Crippen molar-refractivity contribution in [1.29, 1.82) is 0 Å². The second kappa shape index (κ2) is 5.63. The molecule has 0 spiro atoms. The molecule has 3 nitrogen and oxygen atoms in total. The van der Waals surface area contributed by atoms with Gasteiger partial charge in [0.1, 0.15) is 0 Å². The van der Waals surface area contributed by atoms with Gasteiger partial charge in [0.05, 0.1) is 11.5 Å². The van der Waals surface area contributed by atoms with Crippen LogP contribution in [-0.2, 0) is 21.3 Å². The molecule has 0 bridgehead atoms. The third-order valence-corrected chi connectivity index (χ3v) is 4.60. The highest BCUT2D eigenvalue weighted by atomic mass is 35.5. The van der Waals surface area contributed by atoms with E-state index in [-0.39, 0.29) is 11.5 Å². The van der Waals surface area contributed by atoms with Crippen LogP contribution in [0.4, 0.5) is 5.69 Å². The molecule has 0 radical (unpaired) electrons. The average molecular weight is 296 g/mol. The number of anilines is 1. The van der Waals surface area contributed by atoms with Crippen LogP contribution >= 0.6 is 11.6 Å². The number of hydrogen-bond donors (Lipinski definition) is 1. The fourth-order valence-electron chi connectivity index (χ4n) is 1.83. The summed E-state index contributed by atoms with van der Waals surface area (Å²) < 4.78 is 24.3. The highest BCUT2D eigenvalue weighted by Crippen LogP contribution is 2.25. The number of sulfone groups is 1. The van der Waals surface area contributed by atoms with E-state index in [1.165, 1.54) is 0 Å². The minimum Gasteiger partial charge on any atom is -0.398 e. The Hall–Kier alpha value is -1.52. The maximum Gasteiger partial charge on any atom is 0.158 e. The Labute approximate surface area is 117 Å². The van der Waals surface area contributed by atoms with E-state index in [1.807, 2.05) is 18.2 Å². The number of nitrogen functional groups attached to an aromatic ring is 1. The van der Waals surface area contributed by atoms with Crippen LogP contribution in [0.25, 0.3) is 0 Å². The predicted molar refractivity (Wildman–Crippen MR) is 78.6 cm³/mol. The summed E-state index contributed by atoms with van der Waals surface area (Å²) in [5, 5.41) is 0.386. The molecule has 2 N–H and O–H groups in total. The number of rotatable bonds is 4. The van der Waals surface area contributed by atoms with E-state index in [0.717, 1.165) is 5.56 Å². The molecule has 0 saturated heterocycles. The summed E-state index contributed by atoms with van der Waals surface area (Å²) in [6.07, 6.45) is 0. The van der Waals surface area contributed by atoms with Gasteiger partial charge in [0, 0.05) is 16.3 Å². The molecule has 0 fully saturated rings. The molecule has 2 aromatic rings. The summed E-state index contributed by atoms with van der Waals surface area (Å²) in [4.78, 5) is 0. The zero-order chi connectivity index (χ0) is 13.9. The van der Waals surface area contributed by atoms with E-state index in [1.54, 1.807) is 30.3 Å². The molecule has 0 aliphatic heterocycles. The summed E-state index contributed by atoms with van der Waals surface area (Å²) in [7, 11) is -3.30. The lowest BCUT2D eigenvalue weighted by Gasteiger charge is -2.09. The van der Waals surface area contributed by atoms with Crippen LogP contribution in [0.15, 0.2) is 48.5 Å². The molecule has 100 valence electrons. The molecule has 2 aromatic carbocycles. The fraction of sp³-hybridized carbons (Fsp3) is 0.143. The minimum absolute atomic E-state index is 0.0154. The van der Waals surface area contributed by atoms with Gasteiger partial charge in [-0.1, -0.05) is 48.0 Å². The number of halogens is 1. The first-order valence-corrected chi connectivity index (χ1v) is 7.95. The summed E-state index contributed by atoms with van der Waals surface area (Å²) in [5.41, 5.74) is 7.41. The van der Waals surface area contributed by atoms with Crippen molar-refractivity contribution in [3.8, 4) is 0 Å². The Balaban J connectivity index is 2.23. The summed E-state index contributed by atoms with van der Waals surface area (Å²) in [6.45, 7) is 0. The molecule has 2 rings (SSSR count). The quantitative estimate of drug-likeness (QED) is 0.882. The van der Waals surface area contributed by atoms with Crippen LogP contribution in [0.3, 0.4) is 0 Å². The SMILES string of the molecule is Nc1cccc(Cl)c1CS(=O)(=O)Cc1ccccc1. The topological polar surface area (TPSA) is 60.2 Å². The van der Waals surface area contributed by atoms with Crippen molar-refractivity contribution in [2.75, 3.05) is 5.73 Å². The van der Waals surface area contributed by atoms with Crippen LogP contribution in [-0.4, -0.2) is 8.42 Å². The van der Waals surface area contributed by atoms with Gasteiger partial charge in [-0.15, -0.1) is 0 Å². The van der Waals surface area contributed by atoms with E-state index in [9.17, 15) is 8.42 Å². The molecule has 19 heavy (non-hydrogen) atoms. The maximum absolute atomic E-state index is 12.2. The first-order valence-electron chi connectivity index (χ1n) is 5.75. The van der Waals surface area contributed by atoms with Crippen molar-refractivity contribution >= 4 is 27.1 Å². The number of nitrogens with two attached hydrogens (primary N) is 1. The van der Waals surface area contributed by atoms with Gasteiger partial charge in [-0.25, -0.2) is 8.42 Å². The van der Waals surface area contributed by atoms with E-state index in [2.05, 4.69) is 0 Å². The van der Waals surface area contributed by atoms with Crippen LogP contribution in [0.5, 0.6) is 0 Å². The Morgan fingerprint density at radius 3 is 2.26 bits per heavy atom. The summed E-state index contributed by atoms with van der Waals surface area (Å²) in [5.74, 6) is -0.161. The van der Waals surface area contributed by atoms with Gasteiger partial charge in [0.15, 0.2) is 9.84 Å². The van der Waals surface area contributed by atoms with Gasteiger partial charge in [0.2, 0.25) is 0 Å². The average Bonchev–Trinajstić information content (AvgIpc) is 2.35. The lowest BCUT2D eigenvalue weighted by Crippen LogP contribution is -2.09. The van der Waals surface area contributed by atoms with E-state index < -0.39 is 9.84 Å². The molecule has 0 unspecified atom stereocenters. The molecule has 0 aliphatic rings. The zero-order valence-electron chi connectivity index (χ0n) is 10.2. The molecule has 0 heterocycles. The first kappa shape index (κ1) is 13.9. The number of hydrogen-bond acceptors (Lipinski definition) is 3. The van der Waals surface area contributed by atoms with Crippen molar-refractivity contribution in [1.82, 2.24) is 0 Å². The van der Waals surface area contributed by atoms with Gasteiger partial charge < -0.3 is 5.73 Å². The van der Waals surface area contributed by atoms with E-state index in [0.29, 0.717) is 16.3 Å². The van der Waals surface area contributed by atoms with Gasteiger partial charge in [0.25, 0.3) is 0 Å². The van der Waals surface area contributed by atoms with Crippen LogP contribution in [0, 0.1) is 0 Å². The highest BCUT2D eigenvalue weighted by Gasteiger charge is 2.16. The fourth-order valence-corrected chi connectivity index (χ4v) is 3.72. The molecule has 0 amide bonds. The smallest absolute Gasteiger partial charge is 0.158 e. The van der Waals surface area contributed by atoms with Crippen LogP contribution in [0.2, 0.25) is 5.02 Å². The van der Waals surface area contributed by atoms with Gasteiger partial charge in [-0.3, -0.25) is 0 Å². The van der Waals surface area contributed by atoms with E-state index in [4.69, 9.17) is 17.3 Å². The van der Waals surface area contributed by atoms with Gasteiger partial charge in [-0.2, -0.15) is 0 Å². The van der Waals surface area contributed by atoms with Crippen molar-refractivity contribution in [3.63, 3.8) is 0 Å². The lowest BCUT2D eigenvalue weighted by molar-refractivity contribution is 0.594. The third kappa shape index (κ3) is 3.72.